The number of anilines is 3. The normalized spacial score (nSPS) is 12.0. The second kappa shape index (κ2) is 10.6. The lowest BCUT2D eigenvalue weighted by atomic mass is 10.0. The van der Waals surface area contributed by atoms with Crippen LogP contribution in [-0.2, 0) is 0 Å². The lowest BCUT2D eigenvalue weighted by Gasteiger charge is -2.28. The van der Waals surface area contributed by atoms with E-state index < -0.39 is 0 Å². The van der Waals surface area contributed by atoms with Gasteiger partial charge in [0.05, 0.1) is 38.2 Å². The lowest BCUT2D eigenvalue weighted by molar-refractivity contribution is 0.669. The Bertz CT molecular complexity index is 3110. The minimum Gasteiger partial charge on any atom is -0.456 e. The fourth-order valence-corrected chi connectivity index (χ4v) is 9.21. The molecule has 3 nitrogen and oxygen atoms in total. The van der Waals surface area contributed by atoms with Gasteiger partial charge in [-0.1, -0.05) is 109 Å². The molecule has 0 amide bonds. The molecule has 0 radical (unpaired) electrons. The Morgan fingerprint density at radius 1 is 0.460 bits per heavy atom. The molecule has 0 unspecified atom stereocenters. The fourth-order valence-electron chi connectivity index (χ4n) is 8.00. The molecule has 0 saturated heterocycles. The Morgan fingerprint density at radius 2 is 1.12 bits per heavy atom. The van der Waals surface area contributed by atoms with Crippen LogP contribution < -0.4 is 4.90 Å². The largest absolute Gasteiger partial charge is 0.456 e. The van der Waals surface area contributed by atoms with Gasteiger partial charge in [-0.2, -0.15) is 0 Å². The van der Waals surface area contributed by atoms with Gasteiger partial charge in [0.2, 0.25) is 0 Å². The van der Waals surface area contributed by atoms with Gasteiger partial charge in [0.15, 0.2) is 0 Å². The highest BCUT2D eigenvalue weighted by Gasteiger charge is 2.26. The SMILES string of the molecule is c1ccc(-n2c3ccccc3c3cccc(N(c4cccc5c4sc4ccccc45)c4cccc5oc6cc7ccccc7cc6c45)c32)cc1. The monoisotopic (exact) mass is 656 g/mol. The number of para-hydroxylation sites is 3. The van der Waals surface area contributed by atoms with Crippen molar-refractivity contribution in [3.05, 3.63) is 170 Å². The van der Waals surface area contributed by atoms with Gasteiger partial charge < -0.3 is 13.9 Å². The van der Waals surface area contributed by atoms with Crippen LogP contribution in [-0.4, -0.2) is 4.57 Å². The van der Waals surface area contributed by atoms with Crippen molar-refractivity contribution in [3.63, 3.8) is 0 Å². The van der Waals surface area contributed by atoms with Crippen LogP contribution in [0.3, 0.4) is 0 Å². The first-order valence-corrected chi connectivity index (χ1v) is 17.8. The smallest absolute Gasteiger partial charge is 0.137 e. The van der Waals surface area contributed by atoms with Gasteiger partial charge in [0.1, 0.15) is 11.2 Å². The molecule has 0 atom stereocenters. The molecule has 0 fully saturated rings. The van der Waals surface area contributed by atoms with Crippen LogP contribution >= 0.6 is 11.3 Å². The van der Waals surface area contributed by atoms with E-state index in [1.165, 1.54) is 47.2 Å². The highest BCUT2D eigenvalue weighted by Crippen LogP contribution is 2.50. The van der Waals surface area contributed by atoms with Crippen molar-refractivity contribution >= 4 is 103 Å². The number of aromatic nitrogens is 1. The Labute approximate surface area is 291 Å². The van der Waals surface area contributed by atoms with Gasteiger partial charge in [-0.25, -0.2) is 0 Å². The molecule has 11 aromatic rings. The zero-order valence-corrected chi connectivity index (χ0v) is 27.7. The maximum atomic E-state index is 6.66. The topological polar surface area (TPSA) is 21.3 Å². The molecule has 3 aromatic heterocycles. The molecule has 0 bridgehead atoms. The van der Waals surface area contributed by atoms with Crippen molar-refractivity contribution in [1.82, 2.24) is 4.57 Å². The molecule has 11 rings (SSSR count). The predicted molar refractivity (Wildman–Crippen MR) is 213 cm³/mol. The van der Waals surface area contributed by atoms with Crippen LogP contribution in [0.4, 0.5) is 17.1 Å². The van der Waals surface area contributed by atoms with E-state index in [9.17, 15) is 0 Å². The van der Waals surface area contributed by atoms with Crippen molar-refractivity contribution in [1.29, 1.82) is 0 Å². The van der Waals surface area contributed by atoms with Crippen LogP contribution in [0.1, 0.15) is 0 Å². The number of hydrogen-bond donors (Lipinski definition) is 0. The number of hydrogen-bond acceptors (Lipinski definition) is 3. The molecule has 8 aromatic carbocycles. The lowest BCUT2D eigenvalue weighted by Crippen LogP contribution is -2.12. The number of rotatable bonds is 4. The Kier molecular flexibility index (Phi) is 5.83. The summed E-state index contributed by atoms with van der Waals surface area (Å²) in [5.74, 6) is 0. The van der Waals surface area contributed by atoms with Crippen LogP contribution in [0, 0.1) is 0 Å². The Morgan fingerprint density at radius 3 is 2.00 bits per heavy atom. The average Bonchev–Trinajstić information content (AvgIpc) is 3.85. The first-order valence-electron chi connectivity index (χ1n) is 16.9. The van der Waals surface area contributed by atoms with Gasteiger partial charge in [-0.15, -0.1) is 11.3 Å². The molecule has 4 heteroatoms. The summed E-state index contributed by atoms with van der Waals surface area (Å²) < 4.78 is 11.6. The van der Waals surface area contributed by atoms with Gasteiger partial charge in [-0.3, -0.25) is 0 Å². The first kappa shape index (κ1) is 27.6. The van der Waals surface area contributed by atoms with E-state index in [2.05, 4.69) is 179 Å². The quantitative estimate of drug-likeness (QED) is 0.188. The zero-order valence-electron chi connectivity index (χ0n) is 26.9. The van der Waals surface area contributed by atoms with E-state index in [-0.39, 0.29) is 0 Å². The number of nitrogens with zero attached hydrogens (tertiary/aromatic N) is 2. The summed E-state index contributed by atoms with van der Waals surface area (Å²) in [6.07, 6.45) is 0. The number of furan rings is 1. The third kappa shape index (κ3) is 3.91. The van der Waals surface area contributed by atoms with Gasteiger partial charge >= 0.3 is 0 Å². The van der Waals surface area contributed by atoms with E-state index in [1.807, 2.05) is 11.3 Å². The maximum Gasteiger partial charge on any atom is 0.137 e. The Balaban J connectivity index is 1.32. The standard InChI is InChI=1S/C46H28N2OS/c1-2-15-31(16-3-1)47-37-21-8-6-17-32(37)34-19-10-23-39(45(34)47)48(40-24-11-20-35-33-18-7-9-26-43(33)50-46(35)40)38-22-12-25-41-44(38)36-27-29-13-4-5-14-30(29)28-42(36)49-41/h1-28H. The molecule has 0 N–H and O–H groups in total. The summed E-state index contributed by atoms with van der Waals surface area (Å²) in [5.41, 5.74) is 8.56. The predicted octanol–water partition coefficient (Wildman–Crippen LogP) is 13.7. The van der Waals surface area contributed by atoms with Gasteiger partial charge in [0, 0.05) is 37.3 Å². The van der Waals surface area contributed by atoms with E-state index in [1.54, 1.807) is 0 Å². The van der Waals surface area contributed by atoms with Crippen LogP contribution in [0.25, 0.3) is 80.4 Å². The highest BCUT2D eigenvalue weighted by atomic mass is 32.1. The van der Waals surface area contributed by atoms with Gasteiger partial charge in [0.25, 0.3) is 0 Å². The second-order valence-corrected chi connectivity index (χ2v) is 13.9. The molecule has 0 spiro atoms. The first-order chi connectivity index (χ1) is 24.8. The third-order valence-corrected chi connectivity index (χ3v) is 11.3. The van der Waals surface area contributed by atoms with E-state index in [0.717, 1.165) is 50.2 Å². The maximum absolute atomic E-state index is 6.66. The van der Waals surface area contributed by atoms with Crippen LogP contribution in [0.2, 0.25) is 0 Å². The summed E-state index contributed by atoms with van der Waals surface area (Å²) in [4.78, 5) is 2.49. The summed E-state index contributed by atoms with van der Waals surface area (Å²) in [6, 6.07) is 61.2. The molecular formula is C46H28N2OS. The van der Waals surface area contributed by atoms with E-state index in [4.69, 9.17) is 4.42 Å². The summed E-state index contributed by atoms with van der Waals surface area (Å²) in [6.45, 7) is 0. The molecule has 3 heterocycles. The molecule has 0 saturated carbocycles. The minimum atomic E-state index is 0.872. The molecular weight excluding hydrogens is 629 g/mol. The second-order valence-electron chi connectivity index (χ2n) is 12.9. The highest BCUT2D eigenvalue weighted by molar-refractivity contribution is 7.26. The van der Waals surface area contributed by atoms with Crippen LogP contribution in [0.15, 0.2) is 174 Å². The minimum absolute atomic E-state index is 0.872. The van der Waals surface area contributed by atoms with Crippen molar-refractivity contribution < 1.29 is 4.42 Å². The van der Waals surface area contributed by atoms with Crippen molar-refractivity contribution in [2.75, 3.05) is 4.90 Å². The molecule has 234 valence electrons. The Hall–Kier alpha value is -6.36. The van der Waals surface area contributed by atoms with Crippen molar-refractivity contribution in [3.8, 4) is 5.69 Å². The summed E-state index contributed by atoms with van der Waals surface area (Å²) in [5, 5.41) is 9.57. The average molecular weight is 657 g/mol. The molecule has 0 aliphatic heterocycles. The molecule has 50 heavy (non-hydrogen) atoms. The molecule has 0 aliphatic rings. The van der Waals surface area contributed by atoms with Crippen molar-refractivity contribution in [2.45, 2.75) is 0 Å². The number of thiophene rings is 1. The third-order valence-electron chi connectivity index (χ3n) is 10.1. The van der Waals surface area contributed by atoms with E-state index >= 15 is 0 Å². The fraction of sp³-hybridized carbons (Fsp3) is 0. The zero-order chi connectivity index (χ0) is 32.8. The number of fused-ring (bicyclic) bond motifs is 10. The van der Waals surface area contributed by atoms with Gasteiger partial charge in [-0.05, 0) is 71.4 Å². The summed E-state index contributed by atoms with van der Waals surface area (Å²) in [7, 11) is 0. The number of benzene rings is 8. The van der Waals surface area contributed by atoms with Crippen LogP contribution in [0.5, 0.6) is 0 Å². The van der Waals surface area contributed by atoms with E-state index in [0.29, 0.717) is 0 Å². The van der Waals surface area contributed by atoms with Crippen molar-refractivity contribution in [2.24, 2.45) is 0 Å². The molecule has 0 aliphatic carbocycles. The summed E-state index contributed by atoms with van der Waals surface area (Å²) >= 11 is 1.86.